The summed E-state index contributed by atoms with van der Waals surface area (Å²) in [6.07, 6.45) is -4.67. The smallest absolute Gasteiger partial charge is 0.308 e. The highest BCUT2D eigenvalue weighted by atomic mass is 19.4. The predicted molar refractivity (Wildman–Crippen MR) is 245 cm³/mol. The molecule has 0 fully saturated rings. The lowest BCUT2D eigenvalue weighted by Gasteiger charge is -2.22. The molecule has 10 aromatic rings. The average molecular weight is 811 g/mol. The zero-order valence-corrected chi connectivity index (χ0v) is 34.4. The van der Waals surface area contributed by atoms with Gasteiger partial charge in [0, 0.05) is 32.7 Å². The first-order valence-corrected chi connectivity index (χ1v) is 20.4. The third kappa shape index (κ3) is 6.13. The molecule has 0 radical (unpaired) electrons. The Morgan fingerprint density at radius 1 is 0.452 bits per heavy atom. The molecule has 0 bridgehead atoms. The largest absolute Gasteiger partial charge is 0.416 e. The molecule has 0 N–H and O–H groups in total. The van der Waals surface area contributed by atoms with E-state index in [2.05, 4.69) is 134 Å². The van der Waals surface area contributed by atoms with E-state index in [1.807, 2.05) is 36.4 Å². The Morgan fingerprint density at radius 3 is 1.37 bits per heavy atom. The molecule has 62 heavy (non-hydrogen) atoms. The van der Waals surface area contributed by atoms with Crippen molar-refractivity contribution in [3.63, 3.8) is 0 Å². The van der Waals surface area contributed by atoms with E-state index in [9.17, 15) is 23.7 Å². The number of hydrogen-bond acceptors (Lipinski definition) is 2. The maximum atomic E-state index is 14.3. The second-order valence-corrected chi connectivity index (χ2v) is 16.2. The van der Waals surface area contributed by atoms with Gasteiger partial charge in [0.25, 0.3) is 0 Å². The Balaban J connectivity index is 1.34. The van der Waals surface area contributed by atoms with Crippen LogP contribution in [0.4, 0.5) is 13.2 Å². The molecule has 0 unspecified atom stereocenters. The highest BCUT2D eigenvalue weighted by molar-refractivity contribution is 6.13. The summed E-state index contributed by atoms with van der Waals surface area (Å²) < 4.78 is 47.0. The fraction of sp³-hybridized carbons (Fsp3) is 0.0909. The zero-order chi connectivity index (χ0) is 43.0. The van der Waals surface area contributed by atoms with E-state index in [1.165, 1.54) is 17.2 Å². The molecular weight excluding hydrogens is 774 g/mol. The van der Waals surface area contributed by atoms with Gasteiger partial charge in [-0.15, -0.1) is 0 Å². The molecule has 298 valence electrons. The highest BCUT2D eigenvalue weighted by Crippen LogP contribution is 2.46. The van der Waals surface area contributed by atoms with Gasteiger partial charge in [-0.1, -0.05) is 102 Å². The summed E-state index contributed by atoms with van der Waals surface area (Å²) in [5.74, 6) is 0. The Morgan fingerprint density at radius 2 is 0.919 bits per heavy atom. The Bertz CT molecular complexity index is 3400. The maximum absolute atomic E-state index is 14.3. The molecule has 0 amide bonds. The van der Waals surface area contributed by atoms with Crippen LogP contribution >= 0.6 is 0 Å². The Hall–Kier alpha value is -7.87. The number of para-hydroxylation sites is 2. The van der Waals surface area contributed by atoms with Crippen molar-refractivity contribution < 1.29 is 13.2 Å². The van der Waals surface area contributed by atoms with Crippen molar-refractivity contribution >= 4 is 43.6 Å². The van der Waals surface area contributed by atoms with Gasteiger partial charge >= 0.3 is 6.18 Å². The SMILES string of the molecule is Cc1ccc(-c2ccc3c(c2)c2ccccc2n3-c2cc(C#N)cc(-n3c4ccccc4c4cc(-c5ccc(C)cc5C)ccc43)c2-c2ccc(C(F)(F)F)cc2C#N)c(C)c1. The van der Waals surface area contributed by atoms with Crippen LogP contribution < -0.4 is 0 Å². The summed E-state index contributed by atoms with van der Waals surface area (Å²) in [5, 5.41) is 25.3. The van der Waals surface area contributed by atoms with E-state index in [4.69, 9.17) is 0 Å². The third-order valence-corrected chi connectivity index (χ3v) is 12.2. The van der Waals surface area contributed by atoms with E-state index in [1.54, 1.807) is 12.1 Å². The van der Waals surface area contributed by atoms with E-state index in [0.717, 1.165) is 89.1 Å². The van der Waals surface area contributed by atoms with Gasteiger partial charge in [0.2, 0.25) is 0 Å². The van der Waals surface area contributed by atoms with Crippen LogP contribution in [-0.4, -0.2) is 9.13 Å². The number of halogens is 3. The summed E-state index contributed by atoms with van der Waals surface area (Å²) in [4.78, 5) is 0. The summed E-state index contributed by atoms with van der Waals surface area (Å²) in [5.41, 5.74) is 13.6. The zero-order valence-electron chi connectivity index (χ0n) is 34.4. The molecule has 4 nitrogen and oxygen atoms in total. The Labute approximate surface area is 356 Å². The Kier molecular flexibility index (Phi) is 8.91. The van der Waals surface area contributed by atoms with Crippen molar-refractivity contribution in [2.24, 2.45) is 0 Å². The first-order valence-electron chi connectivity index (χ1n) is 20.4. The molecule has 0 saturated heterocycles. The maximum Gasteiger partial charge on any atom is 0.416 e. The number of nitrogens with zero attached hydrogens (tertiary/aromatic N) is 4. The van der Waals surface area contributed by atoms with Crippen LogP contribution in [0.25, 0.3) is 88.4 Å². The average Bonchev–Trinajstić information content (AvgIpc) is 3.77. The van der Waals surface area contributed by atoms with Crippen molar-refractivity contribution in [1.29, 1.82) is 10.5 Å². The normalized spacial score (nSPS) is 11.8. The fourth-order valence-corrected chi connectivity index (χ4v) is 9.41. The molecule has 0 aliphatic carbocycles. The van der Waals surface area contributed by atoms with Gasteiger partial charge in [0.15, 0.2) is 0 Å². The van der Waals surface area contributed by atoms with Crippen molar-refractivity contribution in [2.75, 3.05) is 0 Å². The molecule has 2 aromatic heterocycles. The van der Waals surface area contributed by atoms with Crippen LogP contribution in [0.1, 0.15) is 38.9 Å². The van der Waals surface area contributed by atoms with Gasteiger partial charge in [-0.2, -0.15) is 23.7 Å². The number of alkyl halides is 3. The number of fused-ring (bicyclic) bond motifs is 6. The molecule has 0 saturated carbocycles. The molecule has 0 aliphatic rings. The predicted octanol–water partition coefficient (Wildman–Crippen LogP) is 14.9. The number of aromatic nitrogens is 2. The van der Waals surface area contributed by atoms with Crippen LogP contribution in [0.15, 0.2) is 152 Å². The molecular formula is C55H37F3N4. The summed E-state index contributed by atoms with van der Waals surface area (Å²) in [6.45, 7) is 8.36. The highest BCUT2D eigenvalue weighted by Gasteiger charge is 2.32. The first-order chi connectivity index (χ1) is 29.9. The number of aryl methyl sites for hydroxylation is 4. The van der Waals surface area contributed by atoms with E-state index >= 15 is 0 Å². The molecule has 0 aliphatic heterocycles. The number of benzene rings is 8. The third-order valence-electron chi connectivity index (χ3n) is 12.2. The molecule has 0 spiro atoms. The summed E-state index contributed by atoms with van der Waals surface area (Å²) in [7, 11) is 0. The van der Waals surface area contributed by atoms with Gasteiger partial charge in [-0.25, -0.2) is 0 Å². The quantitative estimate of drug-likeness (QED) is 0.174. The monoisotopic (exact) mass is 810 g/mol. The molecule has 8 aromatic carbocycles. The summed E-state index contributed by atoms with van der Waals surface area (Å²) >= 11 is 0. The second kappa shape index (κ2) is 14.4. The lowest BCUT2D eigenvalue weighted by atomic mass is 9.93. The molecule has 2 heterocycles. The molecule has 0 atom stereocenters. The van der Waals surface area contributed by atoms with Crippen LogP contribution in [-0.2, 0) is 6.18 Å². The van der Waals surface area contributed by atoms with E-state index in [0.29, 0.717) is 28.1 Å². The lowest BCUT2D eigenvalue weighted by Crippen LogP contribution is -2.08. The van der Waals surface area contributed by atoms with E-state index < -0.39 is 11.7 Å². The standard InChI is InChI=1S/C55H37F3N4/c1-32-13-18-41(34(3)23-32)37-15-21-50-46(28-37)44-9-5-7-11-48(44)61(50)52-25-36(30-59)26-53(54(52)43-20-17-40(55(56,57)58)27-39(43)31-60)62-49-12-8-6-10-45(49)47-29-38(16-22-51(47)62)42-19-14-33(2)24-35(42)4/h5-29H,1-4H3. The summed E-state index contributed by atoms with van der Waals surface area (Å²) in [6, 6.07) is 53.0. The number of hydrogen-bond donors (Lipinski definition) is 0. The molecule has 7 heteroatoms. The topological polar surface area (TPSA) is 57.4 Å². The van der Waals surface area contributed by atoms with Crippen LogP contribution in [0, 0.1) is 50.4 Å². The van der Waals surface area contributed by atoms with Crippen molar-refractivity contribution in [3.8, 4) is 56.9 Å². The van der Waals surface area contributed by atoms with E-state index in [-0.39, 0.29) is 5.56 Å². The van der Waals surface area contributed by atoms with Gasteiger partial charge in [0.05, 0.1) is 62.3 Å². The first kappa shape index (κ1) is 38.3. The second-order valence-electron chi connectivity index (χ2n) is 16.2. The van der Waals surface area contributed by atoms with Crippen molar-refractivity contribution in [1.82, 2.24) is 9.13 Å². The number of rotatable bonds is 5. The lowest BCUT2D eigenvalue weighted by molar-refractivity contribution is -0.137. The minimum atomic E-state index is -4.67. The minimum absolute atomic E-state index is 0.136. The van der Waals surface area contributed by atoms with Gasteiger partial charge in [-0.05, 0) is 122 Å². The van der Waals surface area contributed by atoms with Crippen LogP contribution in [0.5, 0.6) is 0 Å². The van der Waals surface area contributed by atoms with Gasteiger partial charge < -0.3 is 9.13 Å². The van der Waals surface area contributed by atoms with Crippen molar-refractivity contribution in [2.45, 2.75) is 33.9 Å². The fourth-order valence-electron chi connectivity index (χ4n) is 9.41. The van der Waals surface area contributed by atoms with Gasteiger partial charge in [0.1, 0.15) is 0 Å². The molecule has 10 rings (SSSR count). The van der Waals surface area contributed by atoms with Crippen LogP contribution in [0.2, 0.25) is 0 Å². The van der Waals surface area contributed by atoms with Crippen LogP contribution in [0.3, 0.4) is 0 Å². The number of nitriles is 2. The minimum Gasteiger partial charge on any atom is -0.308 e. The van der Waals surface area contributed by atoms with Gasteiger partial charge in [-0.3, -0.25) is 0 Å². The van der Waals surface area contributed by atoms with Crippen molar-refractivity contribution in [3.05, 3.63) is 191 Å².